The summed E-state index contributed by atoms with van der Waals surface area (Å²) < 4.78 is 13.7. The molecule has 1 aliphatic heterocycles. The van der Waals surface area contributed by atoms with E-state index in [0.29, 0.717) is 17.1 Å². The average molecular weight is 343 g/mol. The van der Waals surface area contributed by atoms with E-state index in [4.69, 9.17) is 0 Å². The van der Waals surface area contributed by atoms with E-state index in [-0.39, 0.29) is 18.3 Å². The first-order valence-corrected chi connectivity index (χ1v) is 8.34. The largest absolute Gasteiger partial charge is 0.354 e. The van der Waals surface area contributed by atoms with Crippen molar-refractivity contribution in [3.05, 3.63) is 53.2 Å². The van der Waals surface area contributed by atoms with Gasteiger partial charge in [-0.3, -0.25) is 4.79 Å². The number of carbonyl (C=O) groups is 1. The number of likely N-dealkylation sites (N-methyl/N-ethyl adjacent to an activating group) is 1. The van der Waals surface area contributed by atoms with Crippen molar-refractivity contribution >= 4 is 11.7 Å². The third-order valence-electron chi connectivity index (χ3n) is 4.28. The highest BCUT2D eigenvalue weighted by Crippen LogP contribution is 2.15. The normalized spacial score (nSPS) is 15.2. The molecule has 0 aliphatic carbocycles. The number of hydrogen-bond donors (Lipinski definition) is 1. The Labute approximate surface area is 146 Å². The van der Waals surface area contributed by atoms with Crippen LogP contribution in [0.3, 0.4) is 0 Å². The third-order valence-corrected chi connectivity index (χ3v) is 4.28. The molecule has 0 bridgehead atoms. The third kappa shape index (κ3) is 4.30. The van der Waals surface area contributed by atoms with Crippen molar-refractivity contribution in [2.45, 2.75) is 13.5 Å². The van der Waals surface area contributed by atoms with Gasteiger partial charge in [-0.05, 0) is 20.0 Å². The predicted octanol–water partition coefficient (Wildman–Crippen LogP) is 1.61. The molecule has 3 rings (SSSR count). The van der Waals surface area contributed by atoms with Crippen molar-refractivity contribution in [1.29, 1.82) is 0 Å². The Morgan fingerprint density at radius 1 is 1.20 bits per heavy atom. The summed E-state index contributed by atoms with van der Waals surface area (Å²) in [6, 6.07) is 8.09. The Morgan fingerprint density at radius 3 is 2.64 bits per heavy atom. The number of nitrogens with one attached hydrogen (secondary N) is 1. The minimum absolute atomic E-state index is 0.123. The number of piperazine rings is 1. The average Bonchev–Trinajstić information content (AvgIpc) is 2.61. The van der Waals surface area contributed by atoms with Gasteiger partial charge in [0.25, 0.3) is 5.91 Å². The zero-order valence-corrected chi connectivity index (χ0v) is 14.5. The smallest absolute Gasteiger partial charge is 0.270 e. The SMILES string of the molecule is Cc1nc(C(=O)NCc2ccccc2F)cc(N2CCN(C)CC2)n1. The second-order valence-corrected chi connectivity index (χ2v) is 6.22. The van der Waals surface area contributed by atoms with Crippen LogP contribution in [-0.4, -0.2) is 54.0 Å². The quantitative estimate of drug-likeness (QED) is 0.914. The molecule has 2 heterocycles. The second kappa shape index (κ2) is 7.57. The summed E-state index contributed by atoms with van der Waals surface area (Å²) in [5, 5.41) is 2.72. The molecule has 1 aliphatic rings. The van der Waals surface area contributed by atoms with Gasteiger partial charge in [-0.15, -0.1) is 0 Å². The lowest BCUT2D eigenvalue weighted by molar-refractivity contribution is 0.0945. The number of carbonyl (C=O) groups excluding carboxylic acids is 1. The van der Waals surface area contributed by atoms with Crippen LogP contribution in [0.5, 0.6) is 0 Å². The van der Waals surface area contributed by atoms with Gasteiger partial charge in [0, 0.05) is 44.4 Å². The summed E-state index contributed by atoms with van der Waals surface area (Å²) in [6.45, 7) is 5.54. The van der Waals surface area contributed by atoms with Gasteiger partial charge in [0.2, 0.25) is 0 Å². The van der Waals surface area contributed by atoms with E-state index in [0.717, 1.165) is 32.0 Å². The molecule has 2 aromatic rings. The van der Waals surface area contributed by atoms with Gasteiger partial charge in [-0.2, -0.15) is 0 Å². The van der Waals surface area contributed by atoms with E-state index in [1.54, 1.807) is 31.2 Å². The van der Waals surface area contributed by atoms with Crippen molar-refractivity contribution in [2.75, 3.05) is 38.1 Å². The van der Waals surface area contributed by atoms with Crippen LogP contribution in [-0.2, 0) is 6.54 Å². The number of anilines is 1. The second-order valence-electron chi connectivity index (χ2n) is 6.22. The lowest BCUT2D eigenvalue weighted by Gasteiger charge is -2.33. The minimum atomic E-state index is -0.334. The Bertz CT molecular complexity index is 759. The van der Waals surface area contributed by atoms with E-state index in [1.165, 1.54) is 6.07 Å². The summed E-state index contributed by atoms with van der Waals surface area (Å²) in [5.74, 6) is 0.646. The zero-order valence-electron chi connectivity index (χ0n) is 14.5. The van der Waals surface area contributed by atoms with Gasteiger partial charge in [0.1, 0.15) is 23.2 Å². The van der Waals surface area contributed by atoms with E-state index < -0.39 is 0 Å². The van der Waals surface area contributed by atoms with Crippen molar-refractivity contribution in [3.63, 3.8) is 0 Å². The summed E-state index contributed by atoms with van der Waals surface area (Å²) >= 11 is 0. The molecule has 6 nitrogen and oxygen atoms in total. The van der Waals surface area contributed by atoms with Crippen molar-refractivity contribution < 1.29 is 9.18 Å². The number of aryl methyl sites for hydroxylation is 1. The maximum Gasteiger partial charge on any atom is 0.270 e. The van der Waals surface area contributed by atoms with Gasteiger partial charge in [0.15, 0.2) is 0 Å². The molecule has 1 aromatic heterocycles. The van der Waals surface area contributed by atoms with E-state index in [2.05, 4.69) is 32.1 Å². The van der Waals surface area contributed by atoms with Crippen LogP contribution in [0.2, 0.25) is 0 Å². The van der Waals surface area contributed by atoms with Crippen molar-refractivity contribution in [2.24, 2.45) is 0 Å². The minimum Gasteiger partial charge on any atom is -0.354 e. The summed E-state index contributed by atoms with van der Waals surface area (Å²) in [4.78, 5) is 25.5. The molecule has 0 radical (unpaired) electrons. The van der Waals surface area contributed by atoms with Crippen LogP contribution in [0.15, 0.2) is 30.3 Å². The highest BCUT2D eigenvalue weighted by molar-refractivity contribution is 5.92. The first-order valence-electron chi connectivity index (χ1n) is 8.34. The van der Waals surface area contributed by atoms with Crippen LogP contribution >= 0.6 is 0 Å². The molecule has 1 amide bonds. The van der Waals surface area contributed by atoms with Gasteiger partial charge in [-0.25, -0.2) is 14.4 Å². The Kier molecular flexibility index (Phi) is 5.23. The first kappa shape index (κ1) is 17.3. The maximum absolute atomic E-state index is 13.7. The molecule has 0 unspecified atom stereocenters. The van der Waals surface area contributed by atoms with E-state index >= 15 is 0 Å². The van der Waals surface area contributed by atoms with Crippen molar-refractivity contribution in [3.8, 4) is 0 Å². The highest BCUT2D eigenvalue weighted by atomic mass is 19.1. The van der Waals surface area contributed by atoms with Crippen LogP contribution < -0.4 is 10.2 Å². The fraction of sp³-hybridized carbons (Fsp3) is 0.389. The molecule has 1 fully saturated rings. The molecule has 1 aromatic carbocycles. The van der Waals surface area contributed by atoms with Gasteiger partial charge < -0.3 is 15.1 Å². The maximum atomic E-state index is 13.7. The molecule has 0 spiro atoms. The fourth-order valence-electron chi connectivity index (χ4n) is 2.77. The first-order chi connectivity index (χ1) is 12.0. The molecule has 25 heavy (non-hydrogen) atoms. The molecule has 1 saturated heterocycles. The lowest BCUT2D eigenvalue weighted by Crippen LogP contribution is -2.45. The van der Waals surface area contributed by atoms with Crippen LogP contribution in [0.4, 0.5) is 10.2 Å². The standard InChI is InChI=1S/C18H22FN5O/c1-13-21-16(11-17(22-13)24-9-7-23(2)8-10-24)18(25)20-12-14-5-3-4-6-15(14)19/h3-6,11H,7-10,12H2,1-2H3,(H,20,25). The molecule has 132 valence electrons. The molecule has 0 saturated carbocycles. The van der Waals surface area contributed by atoms with E-state index in [1.807, 2.05) is 0 Å². The van der Waals surface area contributed by atoms with Crippen LogP contribution in [0.25, 0.3) is 0 Å². The predicted molar refractivity (Wildman–Crippen MR) is 94.0 cm³/mol. The summed E-state index contributed by atoms with van der Waals surface area (Å²) in [5.41, 5.74) is 0.749. The number of nitrogens with zero attached hydrogens (tertiary/aromatic N) is 4. The number of hydrogen-bond acceptors (Lipinski definition) is 5. The number of aromatic nitrogens is 2. The fourth-order valence-corrected chi connectivity index (χ4v) is 2.77. The Morgan fingerprint density at radius 2 is 1.92 bits per heavy atom. The van der Waals surface area contributed by atoms with Gasteiger partial charge >= 0.3 is 0 Å². The Balaban J connectivity index is 1.71. The van der Waals surface area contributed by atoms with Gasteiger partial charge in [-0.1, -0.05) is 18.2 Å². The molecular formula is C18H22FN5O. The Hall–Kier alpha value is -2.54. The van der Waals surface area contributed by atoms with Crippen LogP contribution in [0, 0.1) is 12.7 Å². The number of amides is 1. The lowest BCUT2D eigenvalue weighted by atomic mass is 10.2. The topological polar surface area (TPSA) is 61.4 Å². The molecular weight excluding hydrogens is 321 g/mol. The zero-order chi connectivity index (χ0) is 17.8. The van der Waals surface area contributed by atoms with Crippen LogP contribution in [0.1, 0.15) is 21.9 Å². The summed E-state index contributed by atoms with van der Waals surface area (Å²) in [7, 11) is 2.09. The number of rotatable bonds is 4. The van der Waals surface area contributed by atoms with Gasteiger partial charge in [0.05, 0.1) is 0 Å². The monoisotopic (exact) mass is 343 g/mol. The number of halogens is 1. The molecule has 0 atom stereocenters. The van der Waals surface area contributed by atoms with Crippen molar-refractivity contribution in [1.82, 2.24) is 20.2 Å². The van der Waals surface area contributed by atoms with E-state index in [9.17, 15) is 9.18 Å². The summed E-state index contributed by atoms with van der Waals surface area (Å²) in [6.07, 6.45) is 0. The molecule has 7 heteroatoms. The number of benzene rings is 1. The molecule has 1 N–H and O–H groups in total. The highest BCUT2D eigenvalue weighted by Gasteiger charge is 2.18.